The summed E-state index contributed by atoms with van der Waals surface area (Å²) in [5, 5.41) is 4.70. The van der Waals surface area contributed by atoms with E-state index < -0.39 is 0 Å². The van der Waals surface area contributed by atoms with E-state index in [9.17, 15) is 4.79 Å². The number of rotatable bonds is 4. The smallest absolute Gasteiger partial charge is 0.254 e. The SMILES string of the molecule is Cc1cc(-c2cnn(CC3(C)CCCC3)c2)c(-c2ccc3c(c2)C(=O)N(C)C3)nc1C. The van der Waals surface area contributed by atoms with Crippen molar-refractivity contribution in [2.45, 2.75) is 59.5 Å². The molecule has 0 N–H and O–H groups in total. The highest BCUT2D eigenvalue weighted by molar-refractivity contribution is 5.99. The van der Waals surface area contributed by atoms with Crippen LogP contribution in [0.4, 0.5) is 0 Å². The molecule has 5 nitrogen and oxygen atoms in total. The number of amides is 1. The van der Waals surface area contributed by atoms with Crippen LogP contribution in [0, 0.1) is 19.3 Å². The number of fused-ring (bicyclic) bond motifs is 1. The first-order chi connectivity index (χ1) is 14.8. The molecule has 1 aliphatic heterocycles. The van der Waals surface area contributed by atoms with Gasteiger partial charge in [-0.25, -0.2) is 0 Å². The predicted molar refractivity (Wildman–Crippen MR) is 123 cm³/mol. The zero-order valence-corrected chi connectivity index (χ0v) is 18.9. The summed E-state index contributed by atoms with van der Waals surface area (Å²) in [4.78, 5) is 19.3. The summed E-state index contributed by atoms with van der Waals surface area (Å²) < 4.78 is 2.10. The molecule has 2 aromatic heterocycles. The minimum absolute atomic E-state index is 0.0832. The number of carbonyl (C=O) groups excluding carboxylic acids is 1. The maximum atomic E-state index is 12.5. The molecule has 1 saturated carbocycles. The standard InChI is InChI=1S/C26H30N4O/c1-17-11-22(21-13-27-30(15-21)16-26(3)9-5-6-10-26)24(28-18(17)2)19-7-8-20-14-29(4)25(31)23(20)12-19/h7-8,11-13,15H,5-6,9-10,14,16H2,1-4H3. The first-order valence-electron chi connectivity index (χ1n) is 11.2. The molecular weight excluding hydrogens is 384 g/mol. The zero-order chi connectivity index (χ0) is 21.8. The normalized spacial score (nSPS) is 17.4. The van der Waals surface area contributed by atoms with Gasteiger partial charge in [-0.15, -0.1) is 0 Å². The molecule has 3 aromatic rings. The van der Waals surface area contributed by atoms with Crippen LogP contribution in [0.1, 0.15) is 59.8 Å². The van der Waals surface area contributed by atoms with E-state index in [-0.39, 0.29) is 5.91 Å². The summed E-state index contributed by atoms with van der Waals surface area (Å²) >= 11 is 0. The van der Waals surface area contributed by atoms with Crippen LogP contribution in [-0.2, 0) is 13.1 Å². The van der Waals surface area contributed by atoms with Gasteiger partial charge >= 0.3 is 0 Å². The molecule has 1 aromatic carbocycles. The molecule has 0 spiro atoms. The Morgan fingerprint density at radius 1 is 1.06 bits per heavy atom. The van der Waals surface area contributed by atoms with Gasteiger partial charge < -0.3 is 4.90 Å². The maximum absolute atomic E-state index is 12.5. The number of hydrogen-bond donors (Lipinski definition) is 0. The molecule has 1 aliphatic carbocycles. The summed E-state index contributed by atoms with van der Waals surface area (Å²) in [6.07, 6.45) is 9.31. The number of nitrogens with zero attached hydrogens (tertiary/aromatic N) is 4. The van der Waals surface area contributed by atoms with Crippen molar-refractivity contribution in [2.24, 2.45) is 5.41 Å². The van der Waals surface area contributed by atoms with Crippen LogP contribution in [0.15, 0.2) is 36.7 Å². The number of pyridine rings is 1. The minimum atomic E-state index is 0.0832. The maximum Gasteiger partial charge on any atom is 0.254 e. The average molecular weight is 415 g/mol. The van der Waals surface area contributed by atoms with Crippen LogP contribution in [-0.4, -0.2) is 32.6 Å². The van der Waals surface area contributed by atoms with Gasteiger partial charge in [-0.1, -0.05) is 31.9 Å². The number of aryl methyl sites for hydroxylation is 2. The molecule has 0 bridgehead atoms. The van der Waals surface area contributed by atoms with Crippen molar-refractivity contribution in [3.63, 3.8) is 0 Å². The number of benzene rings is 1. The van der Waals surface area contributed by atoms with Crippen LogP contribution in [0.5, 0.6) is 0 Å². The summed E-state index contributed by atoms with van der Waals surface area (Å²) in [5.41, 5.74) is 8.44. The molecule has 5 heteroatoms. The second kappa shape index (κ2) is 7.33. The van der Waals surface area contributed by atoms with Crippen molar-refractivity contribution in [1.82, 2.24) is 19.7 Å². The molecule has 0 unspecified atom stereocenters. The van der Waals surface area contributed by atoms with Gasteiger partial charge in [0.1, 0.15) is 0 Å². The van der Waals surface area contributed by atoms with E-state index >= 15 is 0 Å². The fourth-order valence-corrected chi connectivity index (χ4v) is 5.11. The van der Waals surface area contributed by atoms with E-state index in [0.717, 1.165) is 51.3 Å². The summed E-state index contributed by atoms with van der Waals surface area (Å²) in [6.45, 7) is 8.15. The monoisotopic (exact) mass is 414 g/mol. The van der Waals surface area contributed by atoms with Crippen molar-refractivity contribution in [3.05, 3.63) is 59.0 Å². The third kappa shape index (κ3) is 3.56. The highest BCUT2D eigenvalue weighted by Gasteiger charge is 2.29. The van der Waals surface area contributed by atoms with Crippen LogP contribution in [0.25, 0.3) is 22.4 Å². The van der Waals surface area contributed by atoms with Crippen LogP contribution >= 0.6 is 0 Å². The van der Waals surface area contributed by atoms with E-state index in [1.54, 1.807) is 4.90 Å². The van der Waals surface area contributed by atoms with E-state index in [1.165, 1.54) is 25.7 Å². The lowest BCUT2D eigenvalue weighted by atomic mass is 9.89. The molecule has 31 heavy (non-hydrogen) atoms. The predicted octanol–water partition coefficient (Wildman–Crippen LogP) is 5.39. The van der Waals surface area contributed by atoms with Crippen LogP contribution < -0.4 is 0 Å². The lowest BCUT2D eigenvalue weighted by Crippen LogP contribution is -2.19. The molecular formula is C26H30N4O. The zero-order valence-electron chi connectivity index (χ0n) is 18.9. The largest absolute Gasteiger partial charge is 0.337 e. The van der Waals surface area contributed by atoms with Gasteiger partial charge in [0.2, 0.25) is 0 Å². The molecule has 1 amide bonds. The third-order valence-corrected chi connectivity index (χ3v) is 7.13. The number of hydrogen-bond acceptors (Lipinski definition) is 3. The van der Waals surface area contributed by atoms with Gasteiger partial charge in [0.05, 0.1) is 11.9 Å². The van der Waals surface area contributed by atoms with E-state index in [4.69, 9.17) is 10.1 Å². The van der Waals surface area contributed by atoms with Gasteiger partial charge in [0.25, 0.3) is 5.91 Å². The Morgan fingerprint density at radius 2 is 1.84 bits per heavy atom. The quantitative estimate of drug-likeness (QED) is 0.575. The first-order valence-corrected chi connectivity index (χ1v) is 11.2. The molecule has 2 aliphatic rings. The van der Waals surface area contributed by atoms with Crippen LogP contribution in [0.2, 0.25) is 0 Å². The number of carbonyl (C=O) groups is 1. The average Bonchev–Trinajstić information content (AvgIpc) is 3.44. The second-order valence-electron chi connectivity index (χ2n) is 9.76. The molecule has 0 saturated heterocycles. The van der Waals surface area contributed by atoms with Crippen molar-refractivity contribution in [2.75, 3.05) is 7.05 Å². The van der Waals surface area contributed by atoms with Gasteiger partial charge in [0.15, 0.2) is 0 Å². The summed E-state index contributed by atoms with van der Waals surface area (Å²) in [6, 6.07) is 8.37. The van der Waals surface area contributed by atoms with E-state index in [1.807, 2.05) is 26.2 Å². The van der Waals surface area contributed by atoms with Crippen molar-refractivity contribution in [3.8, 4) is 22.4 Å². The lowest BCUT2D eigenvalue weighted by Gasteiger charge is -2.23. The minimum Gasteiger partial charge on any atom is -0.337 e. The van der Waals surface area contributed by atoms with Gasteiger partial charge in [-0.2, -0.15) is 5.10 Å². The molecule has 160 valence electrons. The Hall–Kier alpha value is -2.95. The van der Waals surface area contributed by atoms with Gasteiger partial charge in [0, 0.05) is 54.3 Å². The second-order valence-corrected chi connectivity index (χ2v) is 9.76. The Labute approximate surface area is 184 Å². The summed E-state index contributed by atoms with van der Waals surface area (Å²) in [7, 11) is 1.85. The molecule has 5 rings (SSSR count). The number of aromatic nitrogens is 3. The van der Waals surface area contributed by atoms with E-state index in [0.29, 0.717) is 12.0 Å². The molecule has 1 fully saturated rings. The Balaban J connectivity index is 1.55. The Bertz CT molecular complexity index is 1170. The third-order valence-electron chi connectivity index (χ3n) is 7.13. The topological polar surface area (TPSA) is 51.0 Å². The fourth-order valence-electron chi connectivity index (χ4n) is 5.11. The Morgan fingerprint density at radius 3 is 2.61 bits per heavy atom. The van der Waals surface area contributed by atoms with Crippen LogP contribution in [0.3, 0.4) is 0 Å². The highest BCUT2D eigenvalue weighted by Crippen LogP contribution is 2.39. The van der Waals surface area contributed by atoms with Crippen molar-refractivity contribution >= 4 is 5.91 Å². The van der Waals surface area contributed by atoms with Gasteiger partial charge in [-0.3, -0.25) is 14.5 Å². The first kappa shape index (κ1) is 20.0. The highest BCUT2D eigenvalue weighted by atomic mass is 16.2. The van der Waals surface area contributed by atoms with Gasteiger partial charge in [-0.05, 0) is 55.4 Å². The molecule has 0 radical (unpaired) electrons. The van der Waals surface area contributed by atoms with Crippen molar-refractivity contribution in [1.29, 1.82) is 0 Å². The lowest BCUT2D eigenvalue weighted by molar-refractivity contribution is 0.0816. The Kier molecular flexibility index (Phi) is 4.72. The fraction of sp³-hybridized carbons (Fsp3) is 0.423. The summed E-state index contributed by atoms with van der Waals surface area (Å²) in [5.74, 6) is 0.0832. The van der Waals surface area contributed by atoms with Crippen molar-refractivity contribution < 1.29 is 4.79 Å². The van der Waals surface area contributed by atoms with E-state index in [2.05, 4.69) is 42.9 Å². The molecule has 3 heterocycles. The molecule has 0 atom stereocenters.